The largest absolute Gasteiger partial charge is 0.459 e. The van der Waals surface area contributed by atoms with Crippen LogP contribution in [0.4, 0.5) is 5.69 Å². The van der Waals surface area contributed by atoms with Crippen LogP contribution in [0.2, 0.25) is 10.0 Å². The summed E-state index contributed by atoms with van der Waals surface area (Å²) in [5.74, 6) is -1.45. The molecule has 24 heavy (non-hydrogen) atoms. The molecular weight excluding hydrogens is 357 g/mol. The highest BCUT2D eigenvalue weighted by molar-refractivity contribution is 6.36. The molecule has 0 radical (unpaired) electrons. The zero-order valence-corrected chi connectivity index (χ0v) is 13.8. The summed E-state index contributed by atoms with van der Waals surface area (Å²) in [6.45, 7) is 0. The SMILES string of the molecule is O=C(CCC(=O)Nc1ccc(Cl)cc1Cl)NNC(=O)c1ccco1. The van der Waals surface area contributed by atoms with Crippen molar-refractivity contribution in [2.45, 2.75) is 12.8 Å². The number of carbonyl (C=O) groups excluding carboxylic acids is 3. The molecule has 0 bridgehead atoms. The number of carbonyl (C=O) groups is 3. The number of hydrazine groups is 1. The molecule has 7 nitrogen and oxygen atoms in total. The molecule has 1 aromatic carbocycles. The topological polar surface area (TPSA) is 100 Å². The van der Waals surface area contributed by atoms with Gasteiger partial charge in [-0.1, -0.05) is 23.2 Å². The molecule has 0 spiro atoms. The van der Waals surface area contributed by atoms with E-state index in [0.717, 1.165) is 0 Å². The van der Waals surface area contributed by atoms with Gasteiger partial charge in [-0.25, -0.2) is 0 Å². The Balaban J connectivity index is 1.73. The molecule has 1 heterocycles. The highest BCUT2D eigenvalue weighted by Gasteiger charge is 2.12. The summed E-state index contributed by atoms with van der Waals surface area (Å²) in [5.41, 5.74) is 4.76. The van der Waals surface area contributed by atoms with Crippen molar-refractivity contribution < 1.29 is 18.8 Å². The molecular formula is C15H13Cl2N3O4. The summed E-state index contributed by atoms with van der Waals surface area (Å²) in [6, 6.07) is 7.63. The number of anilines is 1. The van der Waals surface area contributed by atoms with E-state index in [1.807, 2.05) is 0 Å². The van der Waals surface area contributed by atoms with Gasteiger partial charge >= 0.3 is 5.91 Å². The highest BCUT2D eigenvalue weighted by atomic mass is 35.5. The number of benzene rings is 1. The van der Waals surface area contributed by atoms with Gasteiger partial charge in [0.2, 0.25) is 11.8 Å². The molecule has 9 heteroatoms. The molecule has 3 N–H and O–H groups in total. The molecule has 3 amide bonds. The van der Waals surface area contributed by atoms with Gasteiger partial charge in [-0.3, -0.25) is 25.2 Å². The standard InChI is InChI=1S/C15H13Cl2N3O4/c16-9-3-4-11(10(17)8-9)18-13(21)5-6-14(22)19-20-15(23)12-2-1-7-24-12/h1-4,7-8H,5-6H2,(H,18,21)(H,19,22)(H,20,23). The summed E-state index contributed by atoms with van der Waals surface area (Å²) >= 11 is 11.7. The van der Waals surface area contributed by atoms with Crippen LogP contribution >= 0.6 is 23.2 Å². The van der Waals surface area contributed by atoms with Crippen LogP contribution in [0.25, 0.3) is 0 Å². The number of amides is 3. The summed E-state index contributed by atoms with van der Waals surface area (Å²) in [5, 5.41) is 3.31. The summed E-state index contributed by atoms with van der Waals surface area (Å²) in [7, 11) is 0. The lowest BCUT2D eigenvalue weighted by Gasteiger charge is -2.08. The van der Waals surface area contributed by atoms with Gasteiger partial charge in [0.25, 0.3) is 0 Å². The van der Waals surface area contributed by atoms with Crippen LogP contribution in [0.15, 0.2) is 41.0 Å². The van der Waals surface area contributed by atoms with Gasteiger partial charge in [0.15, 0.2) is 5.76 Å². The maximum absolute atomic E-state index is 11.8. The van der Waals surface area contributed by atoms with Crippen molar-refractivity contribution in [3.05, 3.63) is 52.4 Å². The van der Waals surface area contributed by atoms with Gasteiger partial charge in [0, 0.05) is 17.9 Å². The second-order valence-corrected chi connectivity index (χ2v) is 5.50. The molecule has 2 rings (SSSR count). The minimum absolute atomic E-state index is 0.0606. The Kier molecular flexibility index (Phi) is 6.22. The van der Waals surface area contributed by atoms with Gasteiger partial charge in [-0.05, 0) is 30.3 Å². The average Bonchev–Trinajstić information content (AvgIpc) is 3.08. The molecule has 0 unspecified atom stereocenters. The monoisotopic (exact) mass is 369 g/mol. The van der Waals surface area contributed by atoms with Gasteiger partial charge in [-0.2, -0.15) is 0 Å². The fraction of sp³-hybridized carbons (Fsp3) is 0.133. The lowest BCUT2D eigenvalue weighted by atomic mass is 10.2. The molecule has 0 aliphatic carbocycles. The summed E-state index contributed by atoms with van der Waals surface area (Å²) < 4.78 is 4.86. The Morgan fingerprint density at radius 1 is 1.00 bits per heavy atom. The Morgan fingerprint density at radius 3 is 2.42 bits per heavy atom. The third kappa shape index (κ3) is 5.29. The van der Waals surface area contributed by atoms with Crippen LogP contribution in [0.5, 0.6) is 0 Å². The van der Waals surface area contributed by atoms with E-state index in [0.29, 0.717) is 15.7 Å². The molecule has 0 saturated carbocycles. The maximum Gasteiger partial charge on any atom is 0.305 e. The molecule has 0 atom stereocenters. The quantitative estimate of drug-likeness (QED) is 0.705. The third-order valence-electron chi connectivity index (χ3n) is 2.84. The fourth-order valence-corrected chi connectivity index (χ4v) is 2.14. The van der Waals surface area contributed by atoms with Crippen molar-refractivity contribution in [2.24, 2.45) is 0 Å². The predicted molar refractivity (Wildman–Crippen MR) is 88.6 cm³/mol. The highest BCUT2D eigenvalue weighted by Crippen LogP contribution is 2.25. The average molecular weight is 370 g/mol. The van der Waals surface area contributed by atoms with E-state index >= 15 is 0 Å². The van der Waals surface area contributed by atoms with Crippen LogP contribution in [-0.4, -0.2) is 17.7 Å². The summed E-state index contributed by atoms with van der Waals surface area (Å²) in [6.07, 6.45) is 1.14. The number of nitrogens with one attached hydrogen (secondary N) is 3. The van der Waals surface area contributed by atoms with Gasteiger partial charge in [0.1, 0.15) is 0 Å². The van der Waals surface area contributed by atoms with Crippen molar-refractivity contribution in [2.75, 3.05) is 5.32 Å². The van der Waals surface area contributed by atoms with Crippen LogP contribution in [-0.2, 0) is 9.59 Å². The van der Waals surface area contributed by atoms with Crippen LogP contribution < -0.4 is 16.2 Å². The minimum Gasteiger partial charge on any atom is -0.459 e. The molecule has 1 aromatic heterocycles. The summed E-state index contributed by atoms with van der Waals surface area (Å²) in [4.78, 5) is 34.9. The lowest BCUT2D eigenvalue weighted by Crippen LogP contribution is -2.41. The molecule has 2 aromatic rings. The second kappa shape index (κ2) is 8.37. The van der Waals surface area contributed by atoms with Crippen LogP contribution in [0.1, 0.15) is 23.4 Å². The number of hydrogen-bond acceptors (Lipinski definition) is 4. The third-order valence-corrected chi connectivity index (χ3v) is 3.39. The Hall–Kier alpha value is -2.51. The van der Waals surface area contributed by atoms with E-state index in [1.54, 1.807) is 18.2 Å². The molecule has 0 aliphatic rings. The van der Waals surface area contributed by atoms with E-state index < -0.39 is 17.7 Å². The van der Waals surface area contributed by atoms with Crippen molar-refractivity contribution in [3.63, 3.8) is 0 Å². The number of rotatable bonds is 5. The normalized spacial score (nSPS) is 10.1. The number of furan rings is 1. The van der Waals surface area contributed by atoms with E-state index in [-0.39, 0.29) is 18.6 Å². The first-order valence-corrected chi connectivity index (χ1v) is 7.59. The Labute approximate surface area is 147 Å². The molecule has 126 valence electrons. The zero-order chi connectivity index (χ0) is 17.5. The first kappa shape index (κ1) is 17.8. The first-order chi connectivity index (χ1) is 11.5. The minimum atomic E-state index is -0.592. The van der Waals surface area contributed by atoms with Gasteiger partial charge < -0.3 is 9.73 Å². The van der Waals surface area contributed by atoms with Crippen LogP contribution in [0, 0.1) is 0 Å². The van der Waals surface area contributed by atoms with Crippen molar-refractivity contribution >= 4 is 46.6 Å². The van der Waals surface area contributed by atoms with Gasteiger partial charge in [0.05, 0.1) is 17.0 Å². The van der Waals surface area contributed by atoms with Gasteiger partial charge in [-0.15, -0.1) is 0 Å². The van der Waals surface area contributed by atoms with Crippen LogP contribution in [0.3, 0.4) is 0 Å². The fourth-order valence-electron chi connectivity index (χ4n) is 1.69. The van der Waals surface area contributed by atoms with E-state index in [1.165, 1.54) is 18.4 Å². The van der Waals surface area contributed by atoms with E-state index in [9.17, 15) is 14.4 Å². The number of halogens is 2. The first-order valence-electron chi connectivity index (χ1n) is 6.83. The Morgan fingerprint density at radius 2 is 1.75 bits per heavy atom. The van der Waals surface area contributed by atoms with Crippen molar-refractivity contribution in [3.8, 4) is 0 Å². The van der Waals surface area contributed by atoms with Crippen molar-refractivity contribution in [1.82, 2.24) is 10.9 Å². The maximum atomic E-state index is 11.8. The van der Waals surface area contributed by atoms with E-state index in [4.69, 9.17) is 27.6 Å². The Bertz CT molecular complexity index is 747. The zero-order valence-electron chi connectivity index (χ0n) is 12.3. The number of hydrogen-bond donors (Lipinski definition) is 3. The molecule has 0 saturated heterocycles. The van der Waals surface area contributed by atoms with Crippen molar-refractivity contribution in [1.29, 1.82) is 0 Å². The molecule has 0 aliphatic heterocycles. The van der Waals surface area contributed by atoms with E-state index in [2.05, 4.69) is 16.2 Å². The predicted octanol–water partition coefficient (Wildman–Crippen LogP) is 2.77. The lowest BCUT2D eigenvalue weighted by molar-refractivity contribution is -0.124. The second-order valence-electron chi connectivity index (χ2n) is 4.65. The smallest absolute Gasteiger partial charge is 0.305 e. The molecule has 0 fully saturated rings.